The van der Waals surface area contributed by atoms with E-state index in [9.17, 15) is 0 Å². The van der Waals surface area contributed by atoms with Crippen molar-refractivity contribution < 1.29 is 0 Å². The molecule has 0 aliphatic rings. The smallest absolute Gasteiger partial charge is 0.155 e. The average Bonchev–Trinajstić information content (AvgIpc) is 2.56. The highest BCUT2D eigenvalue weighted by Gasteiger charge is 2.02. The van der Waals surface area contributed by atoms with Gasteiger partial charge in [0, 0.05) is 11.4 Å². The van der Waals surface area contributed by atoms with Crippen LogP contribution in [0, 0.1) is 0 Å². The van der Waals surface area contributed by atoms with E-state index in [1.807, 2.05) is 24.3 Å². The van der Waals surface area contributed by atoms with E-state index < -0.39 is 0 Å². The van der Waals surface area contributed by atoms with Crippen molar-refractivity contribution in [1.82, 2.24) is 14.9 Å². The van der Waals surface area contributed by atoms with Gasteiger partial charge in [0.05, 0.1) is 0 Å². The van der Waals surface area contributed by atoms with Gasteiger partial charge in [0.25, 0.3) is 0 Å². The van der Waals surface area contributed by atoms with Gasteiger partial charge < -0.3 is 5.84 Å². The number of nitrogen functional groups attached to an aromatic ring is 1. The molecular formula is C9H9ClN4. The molecule has 0 aliphatic carbocycles. The summed E-state index contributed by atoms with van der Waals surface area (Å²) in [6, 6.07) is 7.57. The van der Waals surface area contributed by atoms with Gasteiger partial charge in [-0.3, -0.25) is 0 Å². The van der Waals surface area contributed by atoms with E-state index in [2.05, 4.69) is 10.2 Å². The zero-order valence-electron chi connectivity index (χ0n) is 7.39. The predicted molar refractivity (Wildman–Crippen MR) is 54.4 cm³/mol. The first-order valence-electron chi connectivity index (χ1n) is 4.14. The van der Waals surface area contributed by atoms with E-state index in [1.165, 1.54) is 11.0 Å². The van der Waals surface area contributed by atoms with Crippen molar-refractivity contribution in [3.05, 3.63) is 47.0 Å². The van der Waals surface area contributed by atoms with Gasteiger partial charge >= 0.3 is 0 Å². The van der Waals surface area contributed by atoms with Gasteiger partial charge in [-0.1, -0.05) is 23.7 Å². The van der Waals surface area contributed by atoms with Crippen molar-refractivity contribution in [3.63, 3.8) is 0 Å². The maximum absolute atomic E-state index is 5.77. The third-order valence-corrected chi connectivity index (χ3v) is 2.17. The fraction of sp³-hybridized carbons (Fsp3) is 0.111. The van der Waals surface area contributed by atoms with E-state index in [4.69, 9.17) is 17.4 Å². The van der Waals surface area contributed by atoms with Gasteiger partial charge in [-0.2, -0.15) is 0 Å². The van der Waals surface area contributed by atoms with Crippen molar-refractivity contribution >= 4 is 11.6 Å². The summed E-state index contributed by atoms with van der Waals surface area (Å²) in [5.41, 5.74) is 1.11. The lowest BCUT2D eigenvalue weighted by molar-refractivity contribution is 0.874. The van der Waals surface area contributed by atoms with Crippen LogP contribution in [0.4, 0.5) is 0 Å². The Morgan fingerprint density at radius 1 is 1.29 bits per heavy atom. The Labute approximate surface area is 86.3 Å². The minimum atomic E-state index is 0.660. The van der Waals surface area contributed by atoms with Crippen LogP contribution in [0.1, 0.15) is 11.4 Å². The highest BCUT2D eigenvalue weighted by molar-refractivity contribution is 6.30. The van der Waals surface area contributed by atoms with Crippen molar-refractivity contribution in [2.75, 3.05) is 5.84 Å². The molecule has 0 aliphatic heterocycles. The van der Waals surface area contributed by atoms with E-state index in [0.29, 0.717) is 6.42 Å². The Bertz CT molecular complexity index is 421. The highest BCUT2D eigenvalue weighted by atomic mass is 35.5. The minimum absolute atomic E-state index is 0.660. The summed E-state index contributed by atoms with van der Waals surface area (Å²) < 4.78 is 1.41. The molecule has 2 N–H and O–H groups in total. The number of hydrogen-bond acceptors (Lipinski definition) is 3. The molecule has 1 heterocycles. The van der Waals surface area contributed by atoms with Crippen LogP contribution in [0.3, 0.4) is 0 Å². The molecule has 0 unspecified atom stereocenters. The summed E-state index contributed by atoms with van der Waals surface area (Å²) in [5, 5.41) is 8.31. The molecule has 0 bridgehead atoms. The quantitative estimate of drug-likeness (QED) is 0.756. The van der Waals surface area contributed by atoms with Gasteiger partial charge in [-0.25, -0.2) is 4.68 Å². The molecule has 72 valence electrons. The fourth-order valence-corrected chi connectivity index (χ4v) is 1.30. The molecule has 0 atom stereocenters. The molecule has 2 rings (SSSR count). The summed E-state index contributed by atoms with van der Waals surface area (Å²) >= 11 is 5.77. The second-order valence-electron chi connectivity index (χ2n) is 2.96. The van der Waals surface area contributed by atoms with E-state index >= 15 is 0 Å². The second kappa shape index (κ2) is 3.67. The first-order valence-corrected chi connectivity index (χ1v) is 4.52. The lowest BCUT2D eigenvalue weighted by atomic mass is 10.1. The largest absolute Gasteiger partial charge is 0.336 e. The van der Waals surface area contributed by atoms with Crippen molar-refractivity contribution in [2.24, 2.45) is 0 Å². The van der Waals surface area contributed by atoms with E-state index in [-0.39, 0.29) is 0 Å². The van der Waals surface area contributed by atoms with E-state index in [0.717, 1.165) is 16.4 Å². The molecule has 5 heteroatoms. The normalized spacial score (nSPS) is 10.4. The highest BCUT2D eigenvalue weighted by Crippen LogP contribution is 2.11. The fourth-order valence-electron chi connectivity index (χ4n) is 1.18. The van der Waals surface area contributed by atoms with E-state index in [1.54, 1.807) is 0 Å². The van der Waals surface area contributed by atoms with Crippen LogP contribution in [0.25, 0.3) is 0 Å². The number of hydrogen-bond donors (Lipinski definition) is 1. The molecule has 14 heavy (non-hydrogen) atoms. The van der Waals surface area contributed by atoms with Crippen LogP contribution >= 0.6 is 11.6 Å². The lowest BCUT2D eigenvalue weighted by Crippen LogP contribution is -2.11. The molecule has 1 aromatic heterocycles. The number of benzene rings is 1. The zero-order chi connectivity index (χ0) is 9.97. The van der Waals surface area contributed by atoms with Crippen LogP contribution in [0.2, 0.25) is 5.02 Å². The van der Waals surface area contributed by atoms with Gasteiger partial charge in [0.2, 0.25) is 0 Å². The van der Waals surface area contributed by atoms with Crippen molar-refractivity contribution in [2.45, 2.75) is 6.42 Å². The number of aromatic nitrogens is 3. The molecule has 0 spiro atoms. The molecule has 0 saturated carbocycles. The maximum atomic E-state index is 5.77. The Kier molecular flexibility index (Phi) is 2.37. The molecule has 0 saturated heterocycles. The van der Waals surface area contributed by atoms with Crippen LogP contribution < -0.4 is 5.84 Å². The van der Waals surface area contributed by atoms with Crippen molar-refractivity contribution in [3.8, 4) is 0 Å². The van der Waals surface area contributed by atoms with Gasteiger partial charge in [-0.05, 0) is 17.7 Å². The Balaban J connectivity index is 2.19. The molecule has 1 aromatic carbocycles. The third-order valence-electron chi connectivity index (χ3n) is 1.92. The minimum Gasteiger partial charge on any atom is -0.336 e. The summed E-state index contributed by atoms with van der Waals surface area (Å²) in [7, 11) is 0. The molecule has 0 radical (unpaired) electrons. The van der Waals surface area contributed by atoms with Gasteiger partial charge in [-0.15, -0.1) is 10.2 Å². The lowest BCUT2D eigenvalue weighted by Gasteiger charge is -2.00. The average molecular weight is 209 g/mol. The third kappa shape index (κ3) is 1.85. The Morgan fingerprint density at radius 2 is 2.00 bits per heavy atom. The topological polar surface area (TPSA) is 56.7 Å². The number of nitrogens with two attached hydrogens (primary N) is 1. The summed E-state index contributed by atoms with van der Waals surface area (Å²) in [5.74, 6) is 6.31. The Hall–Kier alpha value is -1.55. The monoisotopic (exact) mass is 208 g/mol. The summed E-state index contributed by atoms with van der Waals surface area (Å²) in [6.45, 7) is 0. The number of nitrogens with zero attached hydrogens (tertiary/aromatic N) is 3. The van der Waals surface area contributed by atoms with Crippen LogP contribution in [-0.4, -0.2) is 14.9 Å². The van der Waals surface area contributed by atoms with Crippen LogP contribution in [0.5, 0.6) is 0 Å². The van der Waals surface area contributed by atoms with Gasteiger partial charge in [0.1, 0.15) is 6.33 Å². The molecule has 0 fully saturated rings. The molecular weight excluding hydrogens is 200 g/mol. The van der Waals surface area contributed by atoms with Gasteiger partial charge in [0.15, 0.2) is 5.82 Å². The predicted octanol–water partition coefficient (Wildman–Crippen LogP) is 1.24. The maximum Gasteiger partial charge on any atom is 0.155 e. The van der Waals surface area contributed by atoms with Crippen LogP contribution in [0.15, 0.2) is 30.6 Å². The number of halogens is 1. The SMILES string of the molecule is Nn1cnnc1Cc1ccc(Cl)cc1. The standard InChI is InChI=1S/C9H9ClN4/c10-8-3-1-7(2-4-8)5-9-13-12-6-14(9)11/h1-4,6H,5,11H2. The molecule has 4 nitrogen and oxygen atoms in total. The van der Waals surface area contributed by atoms with Crippen LogP contribution in [-0.2, 0) is 6.42 Å². The summed E-state index contributed by atoms with van der Waals surface area (Å²) in [4.78, 5) is 0. The first-order chi connectivity index (χ1) is 6.75. The first kappa shape index (κ1) is 9.02. The summed E-state index contributed by atoms with van der Waals surface area (Å²) in [6.07, 6.45) is 2.14. The van der Waals surface area contributed by atoms with Crippen molar-refractivity contribution in [1.29, 1.82) is 0 Å². The molecule has 0 amide bonds. The Morgan fingerprint density at radius 3 is 2.57 bits per heavy atom. The second-order valence-corrected chi connectivity index (χ2v) is 3.39. The number of rotatable bonds is 2. The zero-order valence-corrected chi connectivity index (χ0v) is 8.15. The molecule has 2 aromatic rings.